The van der Waals surface area contributed by atoms with Crippen molar-refractivity contribution in [2.24, 2.45) is 0 Å². The van der Waals surface area contributed by atoms with Crippen LogP contribution in [0.2, 0.25) is 0 Å². The lowest BCUT2D eigenvalue weighted by molar-refractivity contribution is -0.121. The number of para-hydroxylation sites is 1. The highest BCUT2D eigenvalue weighted by molar-refractivity contribution is 7.98. The van der Waals surface area contributed by atoms with Gasteiger partial charge >= 0.3 is 0 Å². The third-order valence-corrected chi connectivity index (χ3v) is 7.22. The van der Waals surface area contributed by atoms with Crippen molar-refractivity contribution < 1.29 is 14.3 Å². The Kier molecular flexibility index (Phi) is 8.85. The molecule has 0 spiro atoms. The molecule has 4 aromatic rings. The van der Waals surface area contributed by atoms with Crippen molar-refractivity contribution in [2.75, 3.05) is 20.8 Å². The van der Waals surface area contributed by atoms with Gasteiger partial charge in [-0.25, -0.2) is 4.98 Å². The Morgan fingerprint density at radius 2 is 1.76 bits per heavy atom. The first-order chi connectivity index (χ1) is 18.0. The molecule has 1 amide bonds. The van der Waals surface area contributed by atoms with Gasteiger partial charge in [-0.2, -0.15) is 0 Å². The van der Waals surface area contributed by atoms with Crippen molar-refractivity contribution in [3.05, 3.63) is 93.8 Å². The summed E-state index contributed by atoms with van der Waals surface area (Å²) in [6.45, 7) is 2.81. The number of benzene rings is 3. The van der Waals surface area contributed by atoms with Gasteiger partial charge in [-0.05, 0) is 54.3 Å². The number of nitrogens with one attached hydrogen (secondary N) is 1. The SMILES string of the molecule is COc1ccc(CCNC(=O)CCn2c(SCc3ccccc3C)nc3ccccc3c2=O)cc1OC. The molecule has 0 bridgehead atoms. The summed E-state index contributed by atoms with van der Waals surface area (Å²) in [5.41, 5.74) is 3.95. The summed E-state index contributed by atoms with van der Waals surface area (Å²) in [5, 5.41) is 4.12. The van der Waals surface area contributed by atoms with Crippen LogP contribution in [0, 0.1) is 6.92 Å². The minimum absolute atomic E-state index is 0.115. The molecule has 0 fully saturated rings. The zero-order valence-electron chi connectivity index (χ0n) is 21.3. The van der Waals surface area contributed by atoms with E-state index in [1.54, 1.807) is 24.9 Å². The maximum absolute atomic E-state index is 13.3. The van der Waals surface area contributed by atoms with Crippen LogP contribution in [-0.2, 0) is 23.5 Å². The average molecular weight is 518 g/mol. The van der Waals surface area contributed by atoms with Crippen LogP contribution >= 0.6 is 11.8 Å². The predicted octanol–water partition coefficient (Wildman–Crippen LogP) is 4.76. The van der Waals surface area contributed by atoms with E-state index in [4.69, 9.17) is 14.5 Å². The number of aromatic nitrogens is 2. The molecule has 0 radical (unpaired) electrons. The maximum atomic E-state index is 13.3. The Morgan fingerprint density at radius 1 is 1.00 bits per heavy atom. The van der Waals surface area contributed by atoms with E-state index >= 15 is 0 Å². The Morgan fingerprint density at radius 3 is 2.54 bits per heavy atom. The Hall–Kier alpha value is -3.78. The molecule has 0 aliphatic heterocycles. The van der Waals surface area contributed by atoms with Crippen LogP contribution in [-0.4, -0.2) is 36.2 Å². The quantitative estimate of drug-likeness (QED) is 0.228. The summed E-state index contributed by atoms with van der Waals surface area (Å²) in [6.07, 6.45) is 0.838. The molecule has 0 unspecified atom stereocenters. The van der Waals surface area contributed by atoms with Crippen LogP contribution in [0.25, 0.3) is 10.9 Å². The lowest BCUT2D eigenvalue weighted by atomic mass is 10.1. The third kappa shape index (κ3) is 6.51. The van der Waals surface area contributed by atoms with E-state index in [0.29, 0.717) is 46.3 Å². The van der Waals surface area contributed by atoms with Gasteiger partial charge in [0.25, 0.3) is 5.56 Å². The highest BCUT2D eigenvalue weighted by atomic mass is 32.2. The number of aryl methyl sites for hydroxylation is 1. The number of rotatable bonds is 11. The monoisotopic (exact) mass is 517 g/mol. The van der Waals surface area contributed by atoms with Crippen LogP contribution in [0.4, 0.5) is 0 Å². The van der Waals surface area contributed by atoms with E-state index in [2.05, 4.69) is 24.4 Å². The Balaban J connectivity index is 1.42. The minimum atomic E-state index is -0.129. The number of fused-ring (bicyclic) bond motifs is 1. The van der Waals surface area contributed by atoms with E-state index in [0.717, 1.165) is 5.56 Å². The second-order valence-electron chi connectivity index (χ2n) is 8.62. The zero-order chi connectivity index (χ0) is 26.2. The molecule has 0 saturated carbocycles. The molecule has 7 nitrogen and oxygen atoms in total. The molecule has 1 heterocycles. The van der Waals surface area contributed by atoms with Crippen molar-refractivity contribution in [3.8, 4) is 11.5 Å². The number of ether oxygens (including phenoxy) is 2. The molecule has 1 aromatic heterocycles. The van der Waals surface area contributed by atoms with Gasteiger partial charge in [0.1, 0.15) is 0 Å². The number of amides is 1. The van der Waals surface area contributed by atoms with Crippen molar-refractivity contribution in [2.45, 2.75) is 37.2 Å². The number of hydrogen-bond acceptors (Lipinski definition) is 6. The molecule has 37 heavy (non-hydrogen) atoms. The number of carbonyl (C=O) groups is 1. The fourth-order valence-corrected chi connectivity index (χ4v) is 5.15. The Labute approximate surface area is 220 Å². The van der Waals surface area contributed by atoms with Crippen molar-refractivity contribution in [1.82, 2.24) is 14.9 Å². The maximum Gasteiger partial charge on any atom is 0.262 e. The first-order valence-electron chi connectivity index (χ1n) is 12.1. The molecular formula is C29H31N3O4S. The highest BCUT2D eigenvalue weighted by Gasteiger charge is 2.14. The van der Waals surface area contributed by atoms with E-state index < -0.39 is 0 Å². The van der Waals surface area contributed by atoms with Crippen molar-refractivity contribution >= 4 is 28.6 Å². The summed E-state index contributed by atoms with van der Waals surface area (Å²) in [6, 6.07) is 21.2. The summed E-state index contributed by atoms with van der Waals surface area (Å²) in [7, 11) is 3.20. The first-order valence-corrected chi connectivity index (χ1v) is 13.1. The van der Waals surface area contributed by atoms with Gasteiger partial charge in [0, 0.05) is 25.3 Å². The number of nitrogens with zero attached hydrogens (tertiary/aromatic N) is 2. The second kappa shape index (κ2) is 12.5. The van der Waals surface area contributed by atoms with Crippen LogP contribution in [0.5, 0.6) is 11.5 Å². The molecule has 4 rings (SSSR count). The van der Waals surface area contributed by atoms with Gasteiger partial charge in [0.15, 0.2) is 16.7 Å². The normalized spacial score (nSPS) is 10.9. The largest absolute Gasteiger partial charge is 0.493 e. The molecule has 0 atom stereocenters. The second-order valence-corrected chi connectivity index (χ2v) is 9.57. The molecule has 1 N–H and O–H groups in total. The standard InChI is InChI=1S/C29H31N3O4S/c1-20-8-4-5-9-22(20)19-37-29-31-24-11-7-6-10-23(24)28(34)32(29)17-15-27(33)30-16-14-21-12-13-25(35-2)26(18-21)36-3/h4-13,18H,14-17,19H2,1-3H3,(H,30,33). The van der Waals surface area contributed by atoms with Gasteiger partial charge < -0.3 is 14.8 Å². The van der Waals surface area contributed by atoms with Crippen molar-refractivity contribution in [1.29, 1.82) is 0 Å². The molecule has 0 aliphatic rings. The van der Waals surface area contributed by atoms with Gasteiger partial charge in [0.2, 0.25) is 5.91 Å². The predicted molar refractivity (Wildman–Crippen MR) is 148 cm³/mol. The molecule has 3 aromatic carbocycles. The zero-order valence-corrected chi connectivity index (χ0v) is 22.1. The molecule has 0 aliphatic carbocycles. The van der Waals surface area contributed by atoms with E-state index in [-0.39, 0.29) is 24.4 Å². The summed E-state index contributed by atoms with van der Waals surface area (Å²) in [5.74, 6) is 1.90. The first kappa shape index (κ1) is 26.3. The van der Waals surface area contributed by atoms with Crippen LogP contribution in [0.1, 0.15) is 23.1 Å². The van der Waals surface area contributed by atoms with Crippen LogP contribution in [0.15, 0.2) is 76.7 Å². The van der Waals surface area contributed by atoms with Crippen molar-refractivity contribution in [3.63, 3.8) is 0 Å². The Bertz CT molecular complexity index is 1450. The molecule has 8 heteroatoms. The van der Waals surface area contributed by atoms with E-state index in [1.807, 2.05) is 48.5 Å². The average Bonchev–Trinajstić information content (AvgIpc) is 2.92. The van der Waals surface area contributed by atoms with Crippen LogP contribution in [0.3, 0.4) is 0 Å². The smallest absolute Gasteiger partial charge is 0.262 e. The summed E-state index contributed by atoms with van der Waals surface area (Å²) < 4.78 is 12.2. The number of methoxy groups -OCH3 is 2. The van der Waals surface area contributed by atoms with Gasteiger partial charge in [0.05, 0.1) is 25.1 Å². The van der Waals surface area contributed by atoms with Gasteiger partial charge in [-0.1, -0.05) is 54.2 Å². The lowest BCUT2D eigenvalue weighted by Crippen LogP contribution is -2.30. The number of carbonyl (C=O) groups excluding carboxylic acids is 1. The molecule has 0 saturated heterocycles. The fraction of sp³-hybridized carbons (Fsp3) is 0.276. The number of hydrogen-bond donors (Lipinski definition) is 1. The third-order valence-electron chi connectivity index (χ3n) is 6.19. The topological polar surface area (TPSA) is 82.5 Å². The van der Waals surface area contributed by atoms with Gasteiger partial charge in [-0.15, -0.1) is 0 Å². The summed E-state index contributed by atoms with van der Waals surface area (Å²) >= 11 is 1.51. The van der Waals surface area contributed by atoms with E-state index in [1.165, 1.54) is 22.9 Å². The summed E-state index contributed by atoms with van der Waals surface area (Å²) in [4.78, 5) is 30.7. The highest BCUT2D eigenvalue weighted by Crippen LogP contribution is 2.27. The number of thioether (sulfide) groups is 1. The minimum Gasteiger partial charge on any atom is -0.493 e. The lowest BCUT2D eigenvalue weighted by Gasteiger charge is -2.14. The van der Waals surface area contributed by atoms with Gasteiger partial charge in [-0.3, -0.25) is 14.2 Å². The van der Waals surface area contributed by atoms with E-state index in [9.17, 15) is 9.59 Å². The van der Waals surface area contributed by atoms with Crippen LogP contribution < -0.4 is 20.3 Å². The molecule has 192 valence electrons. The molecular weight excluding hydrogens is 486 g/mol. The fourth-order valence-electron chi connectivity index (χ4n) is 4.05.